The highest BCUT2D eigenvalue weighted by Gasteiger charge is 2.20. The first-order valence-corrected chi connectivity index (χ1v) is 7.30. The molecule has 9 heteroatoms. The Balaban J connectivity index is 2.22. The molecule has 0 aliphatic heterocycles. The molecule has 118 valence electrons. The summed E-state index contributed by atoms with van der Waals surface area (Å²) in [5.41, 5.74) is 0.622. The monoisotopic (exact) mass is 324 g/mol. The molecule has 0 unspecified atom stereocenters. The molecule has 0 radical (unpaired) electrons. The van der Waals surface area contributed by atoms with Crippen molar-refractivity contribution < 1.29 is 9.59 Å². The fraction of sp³-hybridized carbons (Fsp3) is 0.385. The van der Waals surface area contributed by atoms with Crippen LogP contribution in [0.1, 0.15) is 41.2 Å². The zero-order chi connectivity index (χ0) is 16.1. The first kappa shape index (κ1) is 16.0. The van der Waals surface area contributed by atoms with E-state index in [0.717, 1.165) is 6.42 Å². The molecule has 0 aliphatic carbocycles. The van der Waals surface area contributed by atoms with Crippen LogP contribution < -0.4 is 10.6 Å². The number of aromatic amines is 1. The quantitative estimate of drug-likeness (QED) is 0.751. The molecule has 0 aliphatic rings. The van der Waals surface area contributed by atoms with E-state index >= 15 is 0 Å². The Morgan fingerprint density at radius 3 is 2.73 bits per heavy atom. The van der Waals surface area contributed by atoms with Gasteiger partial charge in [0.1, 0.15) is 5.69 Å². The Hall–Kier alpha value is -2.35. The van der Waals surface area contributed by atoms with Crippen LogP contribution in [0, 0.1) is 0 Å². The fourth-order valence-electron chi connectivity index (χ4n) is 1.78. The van der Waals surface area contributed by atoms with Crippen LogP contribution in [-0.2, 0) is 6.54 Å². The van der Waals surface area contributed by atoms with Crippen molar-refractivity contribution >= 4 is 29.1 Å². The van der Waals surface area contributed by atoms with Gasteiger partial charge >= 0.3 is 0 Å². The van der Waals surface area contributed by atoms with Crippen molar-refractivity contribution in [3.05, 3.63) is 28.8 Å². The van der Waals surface area contributed by atoms with Crippen LogP contribution in [0.25, 0.3) is 0 Å². The molecule has 2 aromatic rings. The molecule has 2 rings (SSSR count). The summed E-state index contributed by atoms with van der Waals surface area (Å²) in [5, 5.41) is 15.9. The van der Waals surface area contributed by atoms with Crippen molar-refractivity contribution in [2.45, 2.75) is 26.8 Å². The van der Waals surface area contributed by atoms with E-state index in [-0.39, 0.29) is 22.3 Å². The third kappa shape index (κ3) is 3.45. The number of nitrogens with one attached hydrogen (secondary N) is 3. The van der Waals surface area contributed by atoms with Gasteiger partial charge in [-0.25, -0.2) is 0 Å². The summed E-state index contributed by atoms with van der Waals surface area (Å²) in [6, 6.07) is 0. The molecule has 0 atom stereocenters. The summed E-state index contributed by atoms with van der Waals surface area (Å²) in [7, 11) is 0. The molecule has 0 saturated carbocycles. The number of rotatable bonds is 6. The van der Waals surface area contributed by atoms with Crippen LogP contribution in [0.4, 0.5) is 5.69 Å². The molecule has 2 amide bonds. The summed E-state index contributed by atoms with van der Waals surface area (Å²) >= 11 is 5.85. The summed E-state index contributed by atoms with van der Waals surface area (Å²) in [5.74, 6) is -0.817. The van der Waals surface area contributed by atoms with Gasteiger partial charge in [0.25, 0.3) is 11.8 Å². The second kappa shape index (κ2) is 7.08. The molecule has 0 spiro atoms. The van der Waals surface area contributed by atoms with E-state index in [9.17, 15) is 9.59 Å². The van der Waals surface area contributed by atoms with Crippen LogP contribution in [0.5, 0.6) is 0 Å². The molecule has 3 N–H and O–H groups in total. The lowest BCUT2D eigenvalue weighted by molar-refractivity contribution is 0.0948. The van der Waals surface area contributed by atoms with E-state index in [1.165, 1.54) is 6.20 Å². The molecule has 22 heavy (non-hydrogen) atoms. The minimum absolute atomic E-state index is 0.130. The van der Waals surface area contributed by atoms with Crippen LogP contribution in [-0.4, -0.2) is 38.3 Å². The predicted molar refractivity (Wildman–Crippen MR) is 82.1 cm³/mol. The molecular formula is C13H17ClN6O2. The predicted octanol–water partition coefficient (Wildman–Crippen LogP) is 1.67. The molecule has 2 heterocycles. The molecule has 0 bridgehead atoms. The van der Waals surface area contributed by atoms with Crippen molar-refractivity contribution in [1.29, 1.82) is 0 Å². The number of H-pyrrole nitrogens is 1. The van der Waals surface area contributed by atoms with Crippen molar-refractivity contribution in [2.24, 2.45) is 0 Å². The maximum atomic E-state index is 12.1. The van der Waals surface area contributed by atoms with Gasteiger partial charge in [-0.1, -0.05) is 18.5 Å². The second-order valence-corrected chi connectivity index (χ2v) is 4.96. The molecular weight excluding hydrogens is 308 g/mol. The Bertz CT molecular complexity index is 678. The third-order valence-electron chi connectivity index (χ3n) is 2.90. The van der Waals surface area contributed by atoms with Gasteiger partial charge in [-0.2, -0.15) is 10.2 Å². The largest absolute Gasteiger partial charge is 0.351 e. The lowest BCUT2D eigenvalue weighted by Crippen LogP contribution is -2.26. The standard InChI is InChI=1S/C13H17ClN6O2/c1-3-5-15-12(21)11-9(7-20(4-2)19-11)17-13(22)10-8(14)6-16-18-10/h6-7H,3-5H2,1-2H3,(H,15,21)(H,16,18)(H,17,22). The van der Waals surface area contributed by atoms with Crippen LogP contribution >= 0.6 is 11.6 Å². The summed E-state index contributed by atoms with van der Waals surface area (Å²) in [4.78, 5) is 24.3. The van der Waals surface area contributed by atoms with Gasteiger partial charge in [0.2, 0.25) is 0 Å². The first-order chi connectivity index (χ1) is 10.6. The molecule has 8 nitrogen and oxygen atoms in total. The Kier molecular flexibility index (Phi) is 5.16. The van der Waals surface area contributed by atoms with Crippen molar-refractivity contribution in [3.63, 3.8) is 0 Å². The van der Waals surface area contributed by atoms with Gasteiger partial charge in [-0.05, 0) is 13.3 Å². The van der Waals surface area contributed by atoms with Crippen LogP contribution in [0.3, 0.4) is 0 Å². The Morgan fingerprint density at radius 2 is 2.14 bits per heavy atom. The normalized spacial score (nSPS) is 10.5. The summed E-state index contributed by atoms with van der Waals surface area (Å²) < 4.78 is 1.57. The number of aryl methyl sites for hydroxylation is 1. The second-order valence-electron chi connectivity index (χ2n) is 4.55. The van der Waals surface area contributed by atoms with Gasteiger partial charge in [-0.3, -0.25) is 19.4 Å². The topological polar surface area (TPSA) is 105 Å². The lowest BCUT2D eigenvalue weighted by atomic mass is 10.3. The average molecular weight is 325 g/mol. The van der Waals surface area contributed by atoms with Gasteiger partial charge < -0.3 is 10.6 Å². The fourth-order valence-corrected chi connectivity index (χ4v) is 1.96. The highest BCUT2D eigenvalue weighted by atomic mass is 35.5. The number of hydrogen-bond donors (Lipinski definition) is 3. The van der Waals surface area contributed by atoms with Gasteiger partial charge in [-0.15, -0.1) is 0 Å². The van der Waals surface area contributed by atoms with E-state index in [2.05, 4.69) is 25.9 Å². The van der Waals surface area contributed by atoms with Crippen molar-refractivity contribution in [1.82, 2.24) is 25.3 Å². The van der Waals surface area contributed by atoms with Gasteiger partial charge in [0.05, 0.1) is 16.9 Å². The number of anilines is 1. The van der Waals surface area contributed by atoms with E-state index < -0.39 is 5.91 Å². The lowest BCUT2D eigenvalue weighted by Gasteiger charge is -2.05. The minimum atomic E-state index is -0.484. The highest BCUT2D eigenvalue weighted by Crippen LogP contribution is 2.17. The highest BCUT2D eigenvalue weighted by molar-refractivity contribution is 6.34. The van der Waals surface area contributed by atoms with Crippen LogP contribution in [0.2, 0.25) is 5.02 Å². The van der Waals surface area contributed by atoms with Crippen molar-refractivity contribution in [2.75, 3.05) is 11.9 Å². The number of aromatic nitrogens is 4. The molecule has 2 aromatic heterocycles. The van der Waals surface area contributed by atoms with E-state index in [4.69, 9.17) is 11.6 Å². The Labute approximate surface area is 132 Å². The molecule has 0 aromatic carbocycles. The maximum Gasteiger partial charge on any atom is 0.275 e. The number of halogens is 1. The van der Waals surface area contributed by atoms with Gasteiger partial charge in [0.15, 0.2) is 5.69 Å². The zero-order valence-electron chi connectivity index (χ0n) is 12.3. The Morgan fingerprint density at radius 1 is 1.36 bits per heavy atom. The van der Waals surface area contributed by atoms with Crippen LogP contribution in [0.15, 0.2) is 12.4 Å². The molecule has 0 fully saturated rings. The molecule has 0 saturated heterocycles. The SMILES string of the molecule is CCCNC(=O)c1nn(CC)cc1NC(=O)c1[nH]ncc1Cl. The zero-order valence-corrected chi connectivity index (χ0v) is 13.1. The smallest absolute Gasteiger partial charge is 0.275 e. The summed E-state index contributed by atoms with van der Waals surface area (Å²) in [6.07, 6.45) is 3.75. The number of hydrogen-bond acceptors (Lipinski definition) is 4. The average Bonchev–Trinajstić information content (AvgIpc) is 3.10. The van der Waals surface area contributed by atoms with E-state index in [1.807, 2.05) is 13.8 Å². The van der Waals surface area contributed by atoms with E-state index in [0.29, 0.717) is 18.8 Å². The van der Waals surface area contributed by atoms with E-state index in [1.54, 1.807) is 10.9 Å². The summed E-state index contributed by atoms with van der Waals surface area (Å²) in [6.45, 7) is 4.96. The number of carbonyl (C=O) groups is 2. The third-order valence-corrected chi connectivity index (χ3v) is 3.19. The number of carbonyl (C=O) groups excluding carboxylic acids is 2. The maximum absolute atomic E-state index is 12.1. The number of amides is 2. The number of nitrogens with zero attached hydrogens (tertiary/aromatic N) is 3. The first-order valence-electron chi connectivity index (χ1n) is 6.92. The van der Waals surface area contributed by atoms with Crippen molar-refractivity contribution in [3.8, 4) is 0 Å². The minimum Gasteiger partial charge on any atom is -0.351 e. The van der Waals surface area contributed by atoms with Gasteiger partial charge in [0, 0.05) is 19.3 Å².